The van der Waals surface area contributed by atoms with Crippen LogP contribution in [0, 0.1) is 0 Å². The molecule has 0 aliphatic rings. The van der Waals surface area contributed by atoms with Gasteiger partial charge in [-0.2, -0.15) is 0 Å². The number of hydrogen-bond acceptors (Lipinski definition) is 2. The number of aromatic amines is 1. The lowest BCUT2D eigenvalue weighted by molar-refractivity contribution is 1.30. The number of nitrogens with zero attached hydrogens (tertiary/aromatic N) is 1. The van der Waals surface area contributed by atoms with Gasteiger partial charge in [-0.1, -0.05) is 121 Å². The van der Waals surface area contributed by atoms with E-state index in [1.54, 1.807) is 0 Å². The molecule has 10 rings (SSSR count). The Kier molecular flexibility index (Phi) is 6.39. The van der Waals surface area contributed by atoms with Crippen LogP contribution in [0.15, 0.2) is 176 Å². The minimum atomic E-state index is 1.12. The third-order valence-corrected chi connectivity index (χ3v) is 10.9. The van der Waals surface area contributed by atoms with Gasteiger partial charge in [0.2, 0.25) is 0 Å². The average Bonchev–Trinajstić information content (AvgIpc) is 3.74. The molecule has 8 aromatic carbocycles. The third-order valence-electron chi connectivity index (χ3n) is 9.79. The van der Waals surface area contributed by atoms with Crippen molar-refractivity contribution in [3.8, 4) is 22.3 Å². The number of anilines is 3. The van der Waals surface area contributed by atoms with E-state index in [-0.39, 0.29) is 0 Å². The molecule has 2 nitrogen and oxygen atoms in total. The predicted octanol–water partition coefficient (Wildman–Crippen LogP) is 13.6. The maximum Gasteiger partial charge on any atom is 0.0544 e. The first-order valence-corrected chi connectivity index (χ1v) is 17.5. The highest BCUT2D eigenvalue weighted by Crippen LogP contribution is 2.45. The molecule has 2 aromatic heterocycles. The number of aromatic nitrogens is 1. The molecule has 2 heterocycles. The Bertz CT molecular complexity index is 2830. The first kappa shape index (κ1) is 27.9. The lowest BCUT2D eigenvalue weighted by Crippen LogP contribution is -2.09. The highest BCUT2D eigenvalue weighted by molar-refractivity contribution is 7.26. The molecule has 230 valence electrons. The zero-order valence-electron chi connectivity index (χ0n) is 26.6. The molecule has 0 atom stereocenters. The Morgan fingerprint density at radius 2 is 1.08 bits per heavy atom. The molecule has 0 radical (unpaired) electrons. The Hall–Kier alpha value is -6.16. The van der Waals surface area contributed by atoms with Crippen molar-refractivity contribution in [1.29, 1.82) is 0 Å². The molecule has 0 saturated heterocycles. The second-order valence-corrected chi connectivity index (χ2v) is 13.7. The molecule has 3 heteroatoms. The van der Waals surface area contributed by atoms with Crippen LogP contribution < -0.4 is 4.90 Å². The van der Waals surface area contributed by atoms with E-state index in [1.807, 2.05) is 11.3 Å². The molecule has 0 amide bonds. The van der Waals surface area contributed by atoms with Gasteiger partial charge < -0.3 is 9.88 Å². The van der Waals surface area contributed by atoms with Gasteiger partial charge in [0.1, 0.15) is 0 Å². The number of benzene rings is 8. The van der Waals surface area contributed by atoms with Crippen LogP contribution in [-0.4, -0.2) is 4.98 Å². The van der Waals surface area contributed by atoms with Crippen LogP contribution in [0.5, 0.6) is 0 Å². The largest absolute Gasteiger partial charge is 0.354 e. The molecule has 0 fully saturated rings. The van der Waals surface area contributed by atoms with Gasteiger partial charge in [0, 0.05) is 59.1 Å². The number of para-hydroxylation sites is 2. The molecule has 0 aliphatic carbocycles. The van der Waals surface area contributed by atoms with Crippen LogP contribution in [-0.2, 0) is 0 Å². The fourth-order valence-corrected chi connectivity index (χ4v) is 8.58. The smallest absolute Gasteiger partial charge is 0.0544 e. The molecule has 0 bridgehead atoms. The summed E-state index contributed by atoms with van der Waals surface area (Å²) in [6.07, 6.45) is 0. The van der Waals surface area contributed by atoms with Gasteiger partial charge in [0.25, 0.3) is 0 Å². The second kappa shape index (κ2) is 11.2. The van der Waals surface area contributed by atoms with E-state index in [4.69, 9.17) is 0 Å². The quantitative estimate of drug-likeness (QED) is 0.198. The van der Waals surface area contributed by atoms with Crippen LogP contribution in [0.3, 0.4) is 0 Å². The second-order valence-electron chi connectivity index (χ2n) is 12.6. The molecule has 1 N–H and O–H groups in total. The highest BCUT2D eigenvalue weighted by Gasteiger charge is 2.18. The zero-order valence-corrected chi connectivity index (χ0v) is 27.4. The fourth-order valence-electron chi connectivity index (χ4n) is 7.47. The topological polar surface area (TPSA) is 19.0 Å². The van der Waals surface area contributed by atoms with Gasteiger partial charge in [0.05, 0.1) is 5.52 Å². The van der Waals surface area contributed by atoms with Crippen LogP contribution in [0.2, 0.25) is 0 Å². The van der Waals surface area contributed by atoms with Crippen molar-refractivity contribution < 1.29 is 0 Å². The number of fused-ring (bicyclic) bond motifs is 7. The van der Waals surface area contributed by atoms with Crippen molar-refractivity contribution in [2.45, 2.75) is 0 Å². The molecular formula is C46H30N2S. The first-order chi connectivity index (χ1) is 24.3. The van der Waals surface area contributed by atoms with Crippen molar-refractivity contribution in [1.82, 2.24) is 4.98 Å². The van der Waals surface area contributed by atoms with Gasteiger partial charge in [-0.3, -0.25) is 0 Å². The zero-order chi connectivity index (χ0) is 32.3. The van der Waals surface area contributed by atoms with E-state index in [2.05, 4.69) is 186 Å². The number of thiophene rings is 1. The molecule has 10 aromatic rings. The average molecular weight is 643 g/mol. The summed E-state index contributed by atoms with van der Waals surface area (Å²) in [4.78, 5) is 6.14. The van der Waals surface area contributed by atoms with Crippen LogP contribution in [0.1, 0.15) is 0 Å². The summed E-state index contributed by atoms with van der Waals surface area (Å²) in [6, 6.07) is 63.9. The number of H-pyrrole nitrogens is 1. The van der Waals surface area contributed by atoms with Crippen LogP contribution in [0.25, 0.3) is 75.0 Å². The number of hydrogen-bond donors (Lipinski definition) is 1. The summed E-state index contributed by atoms with van der Waals surface area (Å²) in [5.41, 5.74) is 10.6. The normalized spacial score (nSPS) is 11.7. The standard InChI is InChI=1S/C46H30N2S/c1-2-10-30(11-3-1)32-20-23-34(24-21-32)48(35-25-22-31-12-4-5-13-33(31)28-35)36-26-27-43-41(29-36)45-38(15-9-19-44(45)49-43)40-17-8-16-39-37-14-6-7-18-42(37)47-46(39)40/h1-29,47H. The Labute approximate surface area is 288 Å². The van der Waals surface area contributed by atoms with E-state index >= 15 is 0 Å². The van der Waals surface area contributed by atoms with Crippen molar-refractivity contribution in [2.24, 2.45) is 0 Å². The van der Waals surface area contributed by atoms with E-state index in [9.17, 15) is 0 Å². The van der Waals surface area contributed by atoms with Crippen molar-refractivity contribution in [3.05, 3.63) is 176 Å². The van der Waals surface area contributed by atoms with Gasteiger partial charge in [-0.15, -0.1) is 11.3 Å². The lowest BCUT2D eigenvalue weighted by atomic mass is 9.97. The third kappa shape index (κ3) is 4.62. The summed E-state index contributed by atoms with van der Waals surface area (Å²) in [5, 5.41) is 7.55. The van der Waals surface area contributed by atoms with Gasteiger partial charge in [-0.25, -0.2) is 0 Å². The number of rotatable bonds is 5. The fraction of sp³-hybridized carbons (Fsp3) is 0. The van der Waals surface area contributed by atoms with Gasteiger partial charge in [-0.05, 0) is 82.1 Å². The summed E-state index contributed by atoms with van der Waals surface area (Å²) >= 11 is 1.87. The molecular weight excluding hydrogens is 613 g/mol. The molecule has 0 unspecified atom stereocenters. The molecule has 0 aliphatic heterocycles. The number of nitrogens with one attached hydrogen (secondary N) is 1. The summed E-state index contributed by atoms with van der Waals surface area (Å²) in [6.45, 7) is 0. The van der Waals surface area contributed by atoms with Gasteiger partial charge in [0.15, 0.2) is 0 Å². The van der Waals surface area contributed by atoms with Crippen LogP contribution >= 0.6 is 11.3 Å². The van der Waals surface area contributed by atoms with E-state index in [0.29, 0.717) is 0 Å². The molecule has 0 spiro atoms. The van der Waals surface area contributed by atoms with Crippen molar-refractivity contribution in [2.75, 3.05) is 4.90 Å². The predicted molar refractivity (Wildman–Crippen MR) is 212 cm³/mol. The summed E-state index contributed by atoms with van der Waals surface area (Å²) < 4.78 is 2.58. The van der Waals surface area contributed by atoms with E-state index in [1.165, 1.54) is 75.0 Å². The minimum absolute atomic E-state index is 1.12. The SMILES string of the molecule is c1ccc(-c2ccc(N(c3ccc4ccccc4c3)c3ccc4sc5cccc(-c6cccc7c6[nH]c6ccccc67)c5c4c3)cc2)cc1. The lowest BCUT2D eigenvalue weighted by Gasteiger charge is -2.26. The summed E-state index contributed by atoms with van der Waals surface area (Å²) in [5.74, 6) is 0. The van der Waals surface area contributed by atoms with Crippen LogP contribution in [0.4, 0.5) is 17.1 Å². The van der Waals surface area contributed by atoms with Crippen molar-refractivity contribution in [3.63, 3.8) is 0 Å². The molecule has 0 saturated carbocycles. The van der Waals surface area contributed by atoms with Gasteiger partial charge >= 0.3 is 0 Å². The van der Waals surface area contributed by atoms with E-state index in [0.717, 1.165) is 17.1 Å². The summed E-state index contributed by atoms with van der Waals surface area (Å²) in [7, 11) is 0. The Balaban J connectivity index is 1.18. The maximum atomic E-state index is 3.75. The minimum Gasteiger partial charge on any atom is -0.354 e. The Morgan fingerprint density at radius 1 is 0.408 bits per heavy atom. The van der Waals surface area contributed by atoms with E-state index < -0.39 is 0 Å². The molecule has 49 heavy (non-hydrogen) atoms. The highest BCUT2D eigenvalue weighted by atomic mass is 32.1. The monoisotopic (exact) mass is 642 g/mol. The van der Waals surface area contributed by atoms with Crippen molar-refractivity contribution >= 4 is 81.1 Å². The first-order valence-electron chi connectivity index (χ1n) is 16.7. The Morgan fingerprint density at radius 3 is 1.98 bits per heavy atom. The maximum absolute atomic E-state index is 3.75.